The highest BCUT2D eigenvalue weighted by Gasteiger charge is 2.47. The molecule has 1 aromatic heterocycles. The Morgan fingerprint density at radius 3 is 2.61 bits per heavy atom. The van der Waals surface area contributed by atoms with Gasteiger partial charge in [-0.05, 0) is 63.1 Å². The van der Waals surface area contributed by atoms with Crippen molar-refractivity contribution in [3.63, 3.8) is 0 Å². The number of nitrogens with zero attached hydrogens (tertiary/aromatic N) is 4. The van der Waals surface area contributed by atoms with Crippen LogP contribution in [0.15, 0.2) is 73.7 Å². The van der Waals surface area contributed by atoms with E-state index in [0.717, 1.165) is 68.0 Å². The average Bonchev–Trinajstić information content (AvgIpc) is 3.52. The van der Waals surface area contributed by atoms with Crippen LogP contribution >= 0.6 is 0 Å². The molecule has 2 aliphatic rings. The van der Waals surface area contributed by atoms with Gasteiger partial charge in [-0.1, -0.05) is 18.7 Å². The highest BCUT2D eigenvalue weighted by Crippen LogP contribution is 2.36. The highest BCUT2D eigenvalue weighted by molar-refractivity contribution is 5.92. The summed E-state index contributed by atoms with van der Waals surface area (Å²) in [6.45, 7) is 15.3. The Bertz CT molecular complexity index is 1320. The van der Waals surface area contributed by atoms with E-state index in [9.17, 15) is 9.59 Å². The predicted octanol–water partition coefficient (Wildman–Crippen LogP) is 6.05. The fourth-order valence-corrected chi connectivity index (χ4v) is 5.20. The molecule has 1 aromatic carbocycles. The van der Waals surface area contributed by atoms with Crippen molar-refractivity contribution in [1.29, 1.82) is 0 Å². The number of hydrogen-bond acceptors (Lipinski definition) is 6. The lowest BCUT2D eigenvalue weighted by atomic mass is 9.91. The first-order chi connectivity index (χ1) is 19.8. The molecule has 0 atom stereocenters. The van der Waals surface area contributed by atoms with E-state index in [1.807, 2.05) is 36.8 Å². The number of hydrogen-bond donors (Lipinski definition) is 1. The monoisotopic (exact) mass is 560 g/mol. The number of aromatic carboxylic acids is 1. The van der Waals surface area contributed by atoms with E-state index in [1.165, 1.54) is 12.1 Å². The Hall–Kier alpha value is -4.11. The third kappa shape index (κ3) is 7.35. The average molecular weight is 561 g/mol. The highest BCUT2D eigenvalue weighted by atomic mass is 16.6. The minimum absolute atomic E-state index is 0.184. The topological polar surface area (TPSA) is 97.1 Å². The van der Waals surface area contributed by atoms with Gasteiger partial charge in [0.05, 0.1) is 24.4 Å². The van der Waals surface area contributed by atoms with E-state index in [0.29, 0.717) is 25.3 Å². The Balaban J connectivity index is 1.42. The molecule has 2 saturated heterocycles. The lowest BCUT2D eigenvalue weighted by Crippen LogP contribution is -2.46. The fourth-order valence-electron chi connectivity index (χ4n) is 5.20. The maximum atomic E-state index is 12.8. The molecule has 0 bridgehead atoms. The first-order valence-electron chi connectivity index (χ1n) is 14.2. The molecular weight excluding hydrogens is 520 g/mol. The first kappa shape index (κ1) is 29.9. The number of benzene rings is 1. The molecule has 1 spiro atoms. The van der Waals surface area contributed by atoms with Crippen molar-refractivity contribution < 1.29 is 24.2 Å². The van der Waals surface area contributed by atoms with Crippen molar-refractivity contribution in [3.05, 3.63) is 90.5 Å². The summed E-state index contributed by atoms with van der Waals surface area (Å²) in [4.78, 5) is 27.9. The zero-order valence-electron chi connectivity index (χ0n) is 24.1. The van der Waals surface area contributed by atoms with Crippen molar-refractivity contribution in [3.8, 4) is 0 Å². The van der Waals surface area contributed by atoms with Crippen LogP contribution in [0, 0.1) is 0 Å². The molecule has 2 fully saturated rings. The van der Waals surface area contributed by atoms with Crippen molar-refractivity contribution >= 4 is 23.4 Å². The maximum absolute atomic E-state index is 12.8. The number of carboxylic acid groups (broad SMARTS) is 1. The molecule has 1 N–H and O–H groups in total. The predicted molar refractivity (Wildman–Crippen MR) is 160 cm³/mol. The number of ether oxygens (including phenoxy) is 2. The summed E-state index contributed by atoms with van der Waals surface area (Å²) in [5.41, 5.74) is 3.35. The summed E-state index contributed by atoms with van der Waals surface area (Å²) in [5, 5.41) is 14.0. The van der Waals surface area contributed by atoms with Crippen molar-refractivity contribution in [1.82, 2.24) is 14.7 Å². The van der Waals surface area contributed by atoms with Crippen LogP contribution in [0.3, 0.4) is 0 Å². The molecule has 3 heterocycles. The summed E-state index contributed by atoms with van der Waals surface area (Å²) >= 11 is 0. The van der Waals surface area contributed by atoms with E-state index in [2.05, 4.69) is 30.3 Å². The molecule has 0 saturated carbocycles. The van der Waals surface area contributed by atoms with E-state index in [4.69, 9.17) is 19.7 Å². The van der Waals surface area contributed by atoms with Crippen LogP contribution < -0.4 is 4.90 Å². The zero-order valence-corrected chi connectivity index (χ0v) is 24.1. The van der Waals surface area contributed by atoms with Gasteiger partial charge in [0.1, 0.15) is 11.4 Å². The SMILES string of the molecule is C=CCCC(=C)n1cc(CN2CCC3(CC2)CN(c2ccc(C(=O)O)cc2)C(=O)O3)c(C/C=C\C(=C/C)OCC)n1. The number of carbonyl (C=O) groups excluding carboxylic acids is 1. The van der Waals surface area contributed by atoms with E-state index < -0.39 is 11.6 Å². The quantitative estimate of drug-likeness (QED) is 0.181. The van der Waals surface area contributed by atoms with Gasteiger partial charge in [0.15, 0.2) is 0 Å². The molecule has 218 valence electrons. The number of rotatable bonds is 13. The summed E-state index contributed by atoms with van der Waals surface area (Å²) in [5.74, 6) is -0.161. The van der Waals surface area contributed by atoms with Crippen molar-refractivity contribution in [2.24, 2.45) is 0 Å². The summed E-state index contributed by atoms with van der Waals surface area (Å²) in [6, 6.07) is 6.33. The van der Waals surface area contributed by atoms with Gasteiger partial charge in [-0.15, -0.1) is 6.58 Å². The molecule has 4 rings (SSSR count). The number of carbonyl (C=O) groups is 2. The van der Waals surface area contributed by atoms with Crippen LogP contribution in [0.25, 0.3) is 5.70 Å². The number of amides is 1. The van der Waals surface area contributed by atoms with E-state index in [-0.39, 0.29) is 11.7 Å². The molecule has 2 aromatic rings. The van der Waals surface area contributed by atoms with Gasteiger partial charge >= 0.3 is 12.1 Å². The number of anilines is 1. The summed E-state index contributed by atoms with van der Waals surface area (Å²) in [6.07, 6.45) is 13.3. The minimum Gasteiger partial charge on any atom is -0.494 e. The number of likely N-dealkylation sites (tertiary alicyclic amines) is 1. The Morgan fingerprint density at radius 2 is 1.98 bits per heavy atom. The van der Waals surface area contributed by atoms with Gasteiger partial charge in [0, 0.05) is 62.0 Å². The molecule has 2 aliphatic heterocycles. The molecule has 41 heavy (non-hydrogen) atoms. The molecule has 0 aliphatic carbocycles. The van der Waals surface area contributed by atoms with Gasteiger partial charge in [-0.25, -0.2) is 14.3 Å². The minimum atomic E-state index is -0.997. The van der Waals surface area contributed by atoms with E-state index >= 15 is 0 Å². The lowest BCUT2D eigenvalue weighted by molar-refractivity contribution is -0.00102. The largest absolute Gasteiger partial charge is 0.494 e. The number of aromatic nitrogens is 2. The molecular formula is C32H40N4O5. The zero-order chi connectivity index (χ0) is 29.4. The Kier molecular flexibility index (Phi) is 9.83. The van der Waals surface area contributed by atoms with Crippen LogP contribution in [0.1, 0.15) is 61.1 Å². The first-order valence-corrected chi connectivity index (χ1v) is 14.2. The molecule has 9 nitrogen and oxygen atoms in total. The maximum Gasteiger partial charge on any atom is 0.415 e. The summed E-state index contributed by atoms with van der Waals surface area (Å²) in [7, 11) is 0. The van der Waals surface area contributed by atoms with Crippen molar-refractivity contribution in [2.45, 2.75) is 58.1 Å². The van der Waals surface area contributed by atoms with Crippen molar-refractivity contribution in [2.75, 3.05) is 31.1 Å². The van der Waals surface area contributed by atoms with Crippen LogP contribution in [-0.2, 0) is 22.4 Å². The number of carboxylic acids is 1. The standard InChI is InChI=1S/C32H40N4O5/c1-5-8-10-24(4)36-22-26(29(33-36)12-9-11-28(6-2)40-7-3)21-34-19-17-32(18-20-34)23-35(31(39)41-32)27-15-13-25(14-16-27)30(37)38/h5-6,9,11,13-16,22H,1,4,7-8,10,12,17-21,23H2,2-3H3,(H,37,38)/b11-9-,28-6+. The smallest absolute Gasteiger partial charge is 0.415 e. The third-order valence-electron chi connectivity index (χ3n) is 7.58. The lowest BCUT2D eigenvalue weighted by Gasteiger charge is -2.37. The fraction of sp³-hybridized carbons (Fsp3) is 0.406. The van der Waals surface area contributed by atoms with Crippen LogP contribution in [0.4, 0.5) is 10.5 Å². The van der Waals surface area contributed by atoms with Crippen LogP contribution in [-0.4, -0.2) is 63.7 Å². The van der Waals surface area contributed by atoms with Gasteiger partial charge in [-0.2, -0.15) is 5.10 Å². The molecule has 9 heteroatoms. The Morgan fingerprint density at radius 1 is 1.24 bits per heavy atom. The Labute approximate surface area is 242 Å². The number of piperidine rings is 1. The molecule has 0 unspecified atom stereocenters. The van der Waals surface area contributed by atoms with E-state index in [1.54, 1.807) is 17.0 Å². The normalized spacial score (nSPS) is 17.3. The summed E-state index contributed by atoms with van der Waals surface area (Å²) < 4.78 is 13.4. The van der Waals surface area contributed by atoms with Gasteiger partial charge in [0.2, 0.25) is 0 Å². The van der Waals surface area contributed by atoms with Crippen LogP contribution in [0.2, 0.25) is 0 Å². The number of allylic oxidation sites excluding steroid dienone is 5. The second-order valence-corrected chi connectivity index (χ2v) is 10.4. The molecule has 0 radical (unpaired) electrons. The molecule has 1 amide bonds. The third-order valence-corrected chi connectivity index (χ3v) is 7.58. The second kappa shape index (κ2) is 13.5. The van der Waals surface area contributed by atoms with Gasteiger partial charge in [0.25, 0.3) is 0 Å². The van der Waals surface area contributed by atoms with Gasteiger partial charge in [-0.3, -0.25) is 9.80 Å². The van der Waals surface area contributed by atoms with Gasteiger partial charge < -0.3 is 14.6 Å². The second-order valence-electron chi connectivity index (χ2n) is 10.4. The van der Waals surface area contributed by atoms with Crippen LogP contribution in [0.5, 0.6) is 0 Å².